The summed E-state index contributed by atoms with van der Waals surface area (Å²) < 4.78 is 14.3. The third-order valence-electron chi connectivity index (χ3n) is 2.76. The summed E-state index contributed by atoms with van der Waals surface area (Å²) in [7, 11) is 0. The van der Waals surface area contributed by atoms with E-state index in [0.29, 0.717) is 5.56 Å². The largest absolute Gasteiger partial charge is 0.478 e. The monoisotopic (exact) mass is 272 g/mol. The number of nitriles is 1. The lowest BCUT2D eigenvalue weighted by atomic mass is 10.1. The summed E-state index contributed by atoms with van der Waals surface area (Å²) >= 11 is 0. The Hall–Kier alpha value is -2.94. The van der Waals surface area contributed by atoms with E-state index < -0.39 is 17.3 Å². The molecule has 0 aliphatic carbocycles. The minimum atomic E-state index is -1.17. The molecule has 0 radical (unpaired) electrons. The SMILES string of the molecule is N#Cc1ccc(F)cc1Cn1cc(C(=O)O)ccc1=O. The minimum absolute atomic E-state index is 0.0560. The Morgan fingerprint density at radius 3 is 2.75 bits per heavy atom. The molecule has 0 fully saturated rings. The van der Waals surface area contributed by atoms with Crippen LogP contribution in [0.5, 0.6) is 0 Å². The zero-order valence-corrected chi connectivity index (χ0v) is 10.2. The van der Waals surface area contributed by atoms with E-state index in [2.05, 4.69) is 0 Å². The number of carboxylic acid groups (broad SMARTS) is 1. The van der Waals surface area contributed by atoms with E-state index in [1.54, 1.807) is 0 Å². The highest BCUT2D eigenvalue weighted by molar-refractivity contribution is 5.87. The molecule has 0 atom stereocenters. The Balaban J connectivity index is 2.47. The van der Waals surface area contributed by atoms with Gasteiger partial charge in [0.1, 0.15) is 5.82 Å². The molecule has 5 nitrogen and oxygen atoms in total. The molecule has 1 aromatic carbocycles. The van der Waals surface area contributed by atoms with Gasteiger partial charge in [0.15, 0.2) is 0 Å². The first-order valence-corrected chi connectivity index (χ1v) is 5.63. The predicted octanol–water partition coefficient (Wildman–Crippen LogP) is 1.61. The van der Waals surface area contributed by atoms with Crippen molar-refractivity contribution in [2.45, 2.75) is 6.54 Å². The normalized spacial score (nSPS) is 10.0. The van der Waals surface area contributed by atoms with Gasteiger partial charge in [-0.05, 0) is 29.8 Å². The van der Waals surface area contributed by atoms with Crippen LogP contribution < -0.4 is 5.56 Å². The fourth-order valence-electron chi connectivity index (χ4n) is 1.77. The third-order valence-corrected chi connectivity index (χ3v) is 2.76. The van der Waals surface area contributed by atoms with Crippen molar-refractivity contribution in [3.63, 3.8) is 0 Å². The van der Waals surface area contributed by atoms with Gasteiger partial charge in [-0.25, -0.2) is 9.18 Å². The van der Waals surface area contributed by atoms with Crippen molar-refractivity contribution in [3.8, 4) is 6.07 Å². The van der Waals surface area contributed by atoms with Crippen molar-refractivity contribution in [2.75, 3.05) is 0 Å². The van der Waals surface area contributed by atoms with Crippen molar-refractivity contribution >= 4 is 5.97 Å². The van der Waals surface area contributed by atoms with Gasteiger partial charge >= 0.3 is 5.97 Å². The fraction of sp³-hybridized carbons (Fsp3) is 0.0714. The molecule has 0 saturated carbocycles. The van der Waals surface area contributed by atoms with Crippen LogP contribution in [0.3, 0.4) is 0 Å². The van der Waals surface area contributed by atoms with Crippen LogP contribution in [0.25, 0.3) is 0 Å². The van der Waals surface area contributed by atoms with Gasteiger partial charge in [0, 0.05) is 12.3 Å². The molecule has 0 amide bonds. The summed E-state index contributed by atoms with van der Waals surface area (Å²) in [6.07, 6.45) is 1.16. The van der Waals surface area contributed by atoms with Crippen LogP contribution in [0.2, 0.25) is 0 Å². The van der Waals surface area contributed by atoms with Gasteiger partial charge in [-0.15, -0.1) is 0 Å². The molecule has 1 heterocycles. The molecular weight excluding hydrogens is 263 g/mol. The topological polar surface area (TPSA) is 83.1 Å². The maximum Gasteiger partial charge on any atom is 0.337 e. The van der Waals surface area contributed by atoms with Crippen molar-refractivity contribution in [1.82, 2.24) is 4.57 Å². The molecule has 6 heteroatoms. The molecule has 1 N–H and O–H groups in total. The molecule has 20 heavy (non-hydrogen) atoms. The lowest BCUT2D eigenvalue weighted by Gasteiger charge is -2.08. The molecule has 2 aromatic rings. The van der Waals surface area contributed by atoms with E-state index >= 15 is 0 Å². The first-order chi connectivity index (χ1) is 9.51. The zero-order chi connectivity index (χ0) is 14.7. The van der Waals surface area contributed by atoms with Gasteiger partial charge in [-0.3, -0.25) is 4.79 Å². The molecule has 0 aliphatic heterocycles. The lowest BCUT2D eigenvalue weighted by Crippen LogP contribution is -2.21. The summed E-state index contributed by atoms with van der Waals surface area (Å²) in [6, 6.07) is 7.83. The maximum atomic E-state index is 13.2. The molecule has 2 rings (SSSR count). The van der Waals surface area contributed by atoms with E-state index in [1.807, 2.05) is 6.07 Å². The second-order valence-corrected chi connectivity index (χ2v) is 4.10. The van der Waals surface area contributed by atoms with Crippen LogP contribution in [0.1, 0.15) is 21.5 Å². The summed E-state index contributed by atoms with van der Waals surface area (Å²) in [5.74, 6) is -1.69. The highest BCUT2D eigenvalue weighted by atomic mass is 19.1. The van der Waals surface area contributed by atoms with Crippen molar-refractivity contribution < 1.29 is 14.3 Å². The fourth-order valence-corrected chi connectivity index (χ4v) is 1.77. The molecule has 0 saturated heterocycles. The quantitative estimate of drug-likeness (QED) is 0.920. The number of carbonyl (C=O) groups is 1. The van der Waals surface area contributed by atoms with Crippen LogP contribution >= 0.6 is 0 Å². The number of aromatic carboxylic acids is 1. The smallest absolute Gasteiger partial charge is 0.337 e. The molecule has 1 aromatic heterocycles. The average Bonchev–Trinajstić information content (AvgIpc) is 2.41. The number of hydrogen-bond donors (Lipinski definition) is 1. The van der Waals surface area contributed by atoms with Gasteiger partial charge in [-0.2, -0.15) is 5.26 Å². The second-order valence-electron chi connectivity index (χ2n) is 4.10. The van der Waals surface area contributed by atoms with E-state index in [4.69, 9.17) is 10.4 Å². The van der Waals surface area contributed by atoms with E-state index in [0.717, 1.165) is 29.0 Å². The lowest BCUT2D eigenvalue weighted by molar-refractivity contribution is 0.0696. The number of benzene rings is 1. The average molecular weight is 272 g/mol. The number of carboxylic acids is 1. The molecule has 0 unspecified atom stereocenters. The number of pyridine rings is 1. The maximum absolute atomic E-state index is 13.2. The highest BCUT2D eigenvalue weighted by Crippen LogP contribution is 2.12. The molecule has 0 aliphatic rings. The van der Waals surface area contributed by atoms with Gasteiger partial charge in [0.25, 0.3) is 5.56 Å². The van der Waals surface area contributed by atoms with Crippen molar-refractivity contribution in [2.24, 2.45) is 0 Å². The number of aromatic nitrogens is 1. The standard InChI is InChI=1S/C14H9FN2O3/c15-12-3-1-9(6-16)11(5-12)8-17-7-10(14(19)20)2-4-13(17)18/h1-5,7H,8H2,(H,19,20). The summed E-state index contributed by atoms with van der Waals surface area (Å²) in [5.41, 5.74) is 0.0684. The third kappa shape index (κ3) is 2.72. The Kier molecular flexibility index (Phi) is 3.62. The molecule has 0 spiro atoms. The number of nitrogens with zero attached hydrogens (tertiary/aromatic N) is 2. The number of hydrogen-bond acceptors (Lipinski definition) is 3. The van der Waals surface area contributed by atoms with Crippen LogP contribution in [-0.4, -0.2) is 15.6 Å². The second kappa shape index (κ2) is 5.36. The predicted molar refractivity (Wildman–Crippen MR) is 67.9 cm³/mol. The zero-order valence-electron chi connectivity index (χ0n) is 10.2. The van der Waals surface area contributed by atoms with Crippen molar-refractivity contribution in [1.29, 1.82) is 5.26 Å². The van der Waals surface area contributed by atoms with Crippen molar-refractivity contribution in [3.05, 3.63) is 69.4 Å². The van der Waals surface area contributed by atoms with Gasteiger partial charge in [0.05, 0.1) is 23.7 Å². The first-order valence-electron chi connectivity index (χ1n) is 5.63. The van der Waals surface area contributed by atoms with Crippen LogP contribution in [-0.2, 0) is 6.54 Å². The van der Waals surface area contributed by atoms with E-state index in [1.165, 1.54) is 12.1 Å². The Bertz CT molecular complexity index is 775. The summed E-state index contributed by atoms with van der Waals surface area (Å²) in [4.78, 5) is 22.5. The Labute approximate surface area is 113 Å². The minimum Gasteiger partial charge on any atom is -0.478 e. The highest BCUT2D eigenvalue weighted by Gasteiger charge is 2.09. The summed E-state index contributed by atoms with van der Waals surface area (Å²) in [5, 5.41) is 17.8. The van der Waals surface area contributed by atoms with Gasteiger partial charge < -0.3 is 9.67 Å². The van der Waals surface area contributed by atoms with E-state index in [-0.39, 0.29) is 17.7 Å². The first kappa shape index (κ1) is 13.5. The molecule has 100 valence electrons. The van der Waals surface area contributed by atoms with Crippen LogP contribution in [0, 0.1) is 17.1 Å². The molecule has 0 bridgehead atoms. The number of halogens is 1. The van der Waals surface area contributed by atoms with Crippen LogP contribution in [0.4, 0.5) is 4.39 Å². The molecular formula is C14H9FN2O3. The van der Waals surface area contributed by atoms with E-state index in [9.17, 15) is 14.0 Å². The summed E-state index contributed by atoms with van der Waals surface area (Å²) in [6.45, 7) is -0.0688. The number of rotatable bonds is 3. The van der Waals surface area contributed by atoms with Gasteiger partial charge in [0.2, 0.25) is 0 Å². The van der Waals surface area contributed by atoms with Crippen LogP contribution in [0.15, 0.2) is 41.3 Å². The Morgan fingerprint density at radius 1 is 1.35 bits per heavy atom. The Morgan fingerprint density at radius 2 is 2.10 bits per heavy atom. The van der Waals surface area contributed by atoms with Gasteiger partial charge in [-0.1, -0.05) is 0 Å².